The number of nitrogens with one attached hydrogen (secondary N) is 1. The molecule has 1 aromatic rings. The first-order valence-corrected chi connectivity index (χ1v) is 9.56. The molecule has 9 heteroatoms. The van der Waals surface area contributed by atoms with Crippen LogP contribution in [0.1, 0.15) is 40.5 Å². The molecule has 3 rings (SSSR count). The van der Waals surface area contributed by atoms with Crippen LogP contribution in [0.3, 0.4) is 0 Å². The highest BCUT2D eigenvalue weighted by atomic mass is 79.9. The lowest BCUT2D eigenvalue weighted by Gasteiger charge is -2.32. The van der Waals surface area contributed by atoms with E-state index in [0.29, 0.717) is 48.1 Å². The molecular formula is C18H20BrN3O5. The second-order valence-corrected chi connectivity index (χ2v) is 7.32. The number of ether oxygens (including phenoxy) is 1. The van der Waals surface area contributed by atoms with E-state index >= 15 is 0 Å². The summed E-state index contributed by atoms with van der Waals surface area (Å²) in [6.07, 6.45) is 0.735. The van der Waals surface area contributed by atoms with Crippen LogP contribution >= 0.6 is 15.9 Å². The number of carbonyl (C=O) groups is 4. The van der Waals surface area contributed by atoms with Crippen molar-refractivity contribution in [1.29, 1.82) is 0 Å². The number of carbonyl (C=O) groups excluding carboxylic acids is 4. The maximum atomic E-state index is 12.6. The summed E-state index contributed by atoms with van der Waals surface area (Å²) >= 11 is 3.28. The molecule has 0 aromatic heterocycles. The Kier molecular flexibility index (Phi) is 5.79. The van der Waals surface area contributed by atoms with Crippen LogP contribution in [-0.4, -0.2) is 65.9 Å². The number of nitrogens with zero attached hydrogens (tertiary/aromatic N) is 2. The van der Waals surface area contributed by atoms with Crippen molar-refractivity contribution in [2.24, 2.45) is 0 Å². The molecule has 0 saturated carbocycles. The normalized spacial score (nSPS) is 17.1. The van der Waals surface area contributed by atoms with Gasteiger partial charge in [-0.15, -0.1) is 0 Å². The Labute approximate surface area is 164 Å². The first kappa shape index (κ1) is 19.3. The number of benzene rings is 1. The second kappa shape index (κ2) is 8.08. The Hall–Kier alpha value is -2.42. The fraction of sp³-hybridized carbons (Fsp3) is 0.444. The highest BCUT2D eigenvalue weighted by molar-refractivity contribution is 9.10. The van der Waals surface area contributed by atoms with E-state index in [2.05, 4.69) is 21.2 Å². The number of likely N-dealkylation sites (tertiary alicyclic amines) is 1. The largest absolute Gasteiger partial charge is 0.450 e. The predicted octanol–water partition coefficient (Wildman–Crippen LogP) is 1.78. The number of halogens is 1. The van der Waals surface area contributed by atoms with Crippen molar-refractivity contribution >= 4 is 39.7 Å². The molecule has 0 bridgehead atoms. The van der Waals surface area contributed by atoms with Gasteiger partial charge in [-0.3, -0.25) is 19.3 Å². The highest BCUT2D eigenvalue weighted by Crippen LogP contribution is 2.26. The van der Waals surface area contributed by atoms with Crippen LogP contribution in [0.25, 0.3) is 0 Å². The van der Waals surface area contributed by atoms with Gasteiger partial charge in [0.25, 0.3) is 11.8 Å². The van der Waals surface area contributed by atoms with Crippen LogP contribution in [0, 0.1) is 0 Å². The lowest BCUT2D eigenvalue weighted by Crippen LogP contribution is -2.49. The zero-order valence-electron chi connectivity index (χ0n) is 14.9. The van der Waals surface area contributed by atoms with E-state index in [1.165, 1.54) is 0 Å². The Morgan fingerprint density at radius 1 is 1.19 bits per heavy atom. The minimum atomic E-state index is -0.459. The predicted molar refractivity (Wildman–Crippen MR) is 99.3 cm³/mol. The van der Waals surface area contributed by atoms with Crippen molar-refractivity contribution in [2.45, 2.75) is 25.8 Å². The number of alkyl carbamates (subject to hydrolysis) is 1. The Bertz CT molecular complexity index is 789. The van der Waals surface area contributed by atoms with Crippen LogP contribution in [0.2, 0.25) is 0 Å². The van der Waals surface area contributed by atoms with Crippen molar-refractivity contribution in [2.75, 3.05) is 26.2 Å². The zero-order chi connectivity index (χ0) is 19.6. The van der Waals surface area contributed by atoms with E-state index in [-0.39, 0.29) is 18.5 Å². The smallest absolute Gasteiger partial charge is 0.407 e. The van der Waals surface area contributed by atoms with Gasteiger partial charge in [-0.2, -0.15) is 0 Å². The molecule has 144 valence electrons. The average molecular weight is 438 g/mol. The number of rotatable bonds is 4. The summed E-state index contributed by atoms with van der Waals surface area (Å²) in [5.41, 5.74) is 0.618. The van der Waals surface area contributed by atoms with Gasteiger partial charge < -0.3 is 15.0 Å². The number of hydrogen-bond donors (Lipinski definition) is 1. The summed E-state index contributed by atoms with van der Waals surface area (Å²) in [6, 6.07) is 4.81. The Morgan fingerprint density at radius 2 is 1.85 bits per heavy atom. The third kappa shape index (κ3) is 4.13. The van der Waals surface area contributed by atoms with Crippen LogP contribution in [0.15, 0.2) is 22.7 Å². The SMILES string of the molecule is CCOC(=O)NC1CCN(C(=O)CN2C(=O)c3ccc(Br)cc3C2=O)CC1. The minimum absolute atomic E-state index is 0.0512. The summed E-state index contributed by atoms with van der Waals surface area (Å²) in [7, 11) is 0. The minimum Gasteiger partial charge on any atom is -0.450 e. The molecule has 1 N–H and O–H groups in total. The fourth-order valence-corrected chi connectivity index (χ4v) is 3.62. The summed E-state index contributed by atoms with van der Waals surface area (Å²) < 4.78 is 5.56. The first-order valence-electron chi connectivity index (χ1n) is 8.77. The van der Waals surface area contributed by atoms with E-state index in [1.807, 2.05) is 0 Å². The highest BCUT2D eigenvalue weighted by Gasteiger charge is 2.37. The summed E-state index contributed by atoms with van der Waals surface area (Å²) in [6.45, 7) is 2.66. The quantitative estimate of drug-likeness (QED) is 0.724. The number of fused-ring (bicyclic) bond motifs is 1. The maximum absolute atomic E-state index is 12.6. The number of imide groups is 1. The third-order valence-electron chi connectivity index (χ3n) is 4.67. The van der Waals surface area contributed by atoms with Gasteiger partial charge in [-0.25, -0.2) is 4.79 Å². The first-order chi connectivity index (χ1) is 12.9. The molecule has 2 heterocycles. The maximum Gasteiger partial charge on any atom is 0.407 e. The third-order valence-corrected chi connectivity index (χ3v) is 5.16. The topological polar surface area (TPSA) is 96.0 Å². The van der Waals surface area contributed by atoms with Crippen molar-refractivity contribution < 1.29 is 23.9 Å². The summed E-state index contributed by atoms with van der Waals surface area (Å²) in [5, 5.41) is 2.76. The summed E-state index contributed by atoms with van der Waals surface area (Å²) in [5.74, 6) is -1.18. The van der Waals surface area contributed by atoms with Crippen LogP contribution in [-0.2, 0) is 9.53 Å². The molecule has 0 spiro atoms. The van der Waals surface area contributed by atoms with Gasteiger partial charge in [0, 0.05) is 23.6 Å². The van der Waals surface area contributed by atoms with Crippen molar-refractivity contribution in [3.05, 3.63) is 33.8 Å². The van der Waals surface area contributed by atoms with Gasteiger partial charge in [-0.1, -0.05) is 15.9 Å². The van der Waals surface area contributed by atoms with E-state index in [9.17, 15) is 19.2 Å². The van der Waals surface area contributed by atoms with Crippen molar-refractivity contribution in [1.82, 2.24) is 15.1 Å². The van der Waals surface area contributed by atoms with Crippen LogP contribution in [0.4, 0.5) is 4.79 Å². The Balaban J connectivity index is 1.55. The molecule has 1 saturated heterocycles. The standard InChI is InChI=1S/C18H20BrN3O5/c1-2-27-18(26)20-12-5-7-21(8-6-12)15(23)10-22-16(24)13-4-3-11(19)9-14(13)17(22)25/h3-4,9,12H,2,5-8,10H2,1H3,(H,20,26). The average Bonchev–Trinajstić information content (AvgIpc) is 2.87. The number of amides is 4. The molecule has 8 nitrogen and oxygen atoms in total. The van der Waals surface area contributed by atoms with E-state index in [4.69, 9.17) is 4.74 Å². The molecule has 0 radical (unpaired) electrons. The monoisotopic (exact) mass is 437 g/mol. The molecular weight excluding hydrogens is 418 g/mol. The van der Waals surface area contributed by atoms with Crippen molar-refractivity contribution in [3.63, 3.8) is 0 Å². The van der Waals surface area contributed by atoms with Crippen LogP contribution in [0.5, 0.6) is 0 Å². The molecule has 2 aliphatic rings. The van der Waals surface area contributed by atoms with Gasteiger partial charge in [0.05, 0.1) is 17.7 Å². The number of piperidine rings is 1. The van der Waals surface area contributed by atoms with E-state index < -0.39 is 17.9 Å². The van der Waals surface area contributed by atoms with Gasteiger partial charge >= 0.3 is 6.09 Å². The molecule has 1 aromatic carbocycles. The van der Waals surface area contributed by atoms with Gasteiger partial charge in [0.2, 0.25) is 5.91 Å². The second-order valence-electron chi connectivity index (χ2n) is 6.41. The molecule has 0 unspecified atom stereocenters. The van der Waals surface area contributed by atoms with E-state index in [0.717, 1.165) is 4.90 Å². The molecule has 0 aliphatic carbocycles. The zero-order valence-corrected chi connectivity index (χ0v) is 16.5. The molecule has 0 atom stereocenters. The molecule has 27 heavy (non-hydrogen) atoms. The van der Waals surface area contributed by atoms with Gasteiger partial charge in [0.1, 0.15) is 6.54 Å². The number of hydrogen-bond acceptors (Lipinski definition) is 5. The van der Waals surface area contributed by atoms with Gasteiger partial charge in [-0.05, 0) is 38.0 Å². The van der Waals surface area contributed by atoms with Crippen LogP contribution < -0.4 is 5.32 Å². The van der Waals surface area contributed by atoms with Gasteiger partial charge in [0.15, 0.2) is 0 Å². The lowest BCUT2D eigenvalue weighted by molar-refractivity contribution is -0.132. The molecule has 2 aliphatic heterocycles. The lowest BCUT2D eigenvalue weighted by atomic mass is 10.1. The molecule has 4 amide bonds. The fourth-order valence-electron chi connectivity index (χ4n) is 3.25. The van der Waals surface area contributed by atoms with Crippen molar-refractivity contribution in [3.8, 4) is 0 Å². The van der Waals surface area contributed by atoms with E-state index in [1.54, 1.807) is 30.0 Å². The summed E-state index contributed by atoms with van der Waals surface area (Å²) in [4.78, 5) is 51.5. The molecule has 1 fully saturated rings. The Morgan fingerprint density at radius 3 is 2.52 bits per heavy atom.